The second kappa shape index (κ2) is 12.1. The first-order chi connectivity index (χ1) is 20.2. The summed E-state index contributed by atoms with van der Waals surface area (Å²) in [4.78, 5) is 54.3. The highest BCUT2D eigenvalue weighted by Gasteiger charge is 2.46. The largest absolute Gasteiger partial charge is 0.326 e. The molecule has 1 atom stereocenters. The van der Waals surface area contributed by atoms with Crippen molar-refractivity contribution < 1.29 is 28.4 Å². The molecule has 1 aliphatic rings. The van der Waals surface area contributed by atoms with Crippen LogP contribution in [0.25, 0.3) is 0 Å². The van der Waals surface area contributed by atoms with Gasteiger partial charge in [-0.1, -0.05) is 36.4 Å². The van der Waals surface area contributed by atoms with E-state index < -0.39 is 17.9 Å². The highest BCUT2D eigenvalue weighted by atomic mass is 32.1. The van der Waals surface area contributed by atoms with E-state index in [-0.39, 0.29) is 35.7 Å². The fourth-order valence-corrected chi connectivity index (χ4v) is 4.94. The van der Waals surface area contributed by atoms with Gasteiger partial charge in [0.15, 0.2) is 17.9 Å². The van der Waals surface area contributed by atoms with Crippen molar-refractivity contribution in [2.75, 3.05) is 15.5 Å². The maximum Gasteiger partial charge on any atom is 0.307 e. The molecular formula is C30H27N6O5S+. The minimum atomic E-state index is -0.957. The Morgan fingerprint density at radius 1 is 0.929 bits per heavy atom. The van der Waals surface area contributed by atoms with Crippen LogP contribution in [0, 0.1) is 0 Å². The van der Waals surface area contributed by atoms with Gasteiger partial charge in [0.2, 0.25) is 11.2 Å². The van der Waals surface area contributed by atoms with Crippen molar-refractivity contribution in [3.63, 3.8) is 0 Å². The molecule has 2 heterocycles. The van der Waals surface area contributed by atoms with Crippen molar-refractivity contribution in [3.8, 4) is 0 Å². The SMILES string of the molecule is CC(=O)c1ccc(NC(=O)CC2C(=O)N(c3ccccc3)C(=S)N2Cc2c(NC(=O)c3ccccc3)on[n+]2C)cc1. The van der Waals surface area contributed by atoms with Gasteiger partial charge in [0, 0.05) is 16.8 Å². The summed E-state index contributed by atoms with van der Waals surface area (Å²) in [5.41, 5.74) is 2.43. The Kier molecular flexibility index (Phi) is 8.16. The van der Waals surface area contributed by atoms with Crippen LogP contribution in [0.1, 0.15) is 39.8 Å². The highest BCUT2D eigenvalue weighted by molar-refractivity contribution is 7.80. The van der Waals surface area contributed by atoms with Crippen LogP contribution in [0.5, 0.6) is 0 Å². The van der Waals surface area contributed by atoms with Crippen LogP contribution in [-0.2, 0) is 23.2 Å². The number of ketones is 1. The van der Waals surface area contributed by atoms with Gasteiger partial charge in [0.25, 0.3) is 17.5 Å². The molecule has 12 heteroatoms. The summed E-state index contributed by atoms with van der Waals surface area (Å²) >= 11 is 5.76. The number of nitrogens with zero attached hydrogens (tertiary/aromatic N) is 4. The molecule has 1 aromatic heterocycles. The minimum Gasteiger partial charge on any atom is -0.326 e. The third-order valence-corrected chi connectivity index (χ3v) is 7.19. The van der Waals surface area contributed by atoms with Gasteiger partial charge in [-0.25, -0.2) is 0 Å². The van der Waals surface area contributed by atoms with E-state index in [0.29, 0.717) is 28.2 Å². The Morgan fingerprint density at radius 2 is 1.57 bits per heavy atom. The van der Waals surface area contributed by atoms with Crippen LogP contribution in [0.15, 0.2) is 89.5 Å². The molecule has 5 rings (SSSR count). The number of rotatable bonds is 9. The van der Waals surface area contributed by atoms with Gasteiger partial charge in [-0.3, -0.25) is 33.9 Å². The van der Waals surface area contributed by atoms with Gasteiger partial charge in [0.05, 0.1) is 12.1 Å². The zero-order chi connectivity index (χ0) is 29.8. The standard InChI is InChI=1S/C30H26N6O5S/c1-19(37)20-13-15-22(16-14-20)31-26(38)17-24-29(40)36(23-11-7-4-8-12-23)30(42)35(24)18-25-28(41-33-34(25)2)32-27(39)21-9-5-3-6-10-21/h3-16,24H,17-18H2,1-2H3,(H-,31,32,33,37,38,39)/p+1. The number of thiocarbonyl (C=S) groups is 1. The van der Waals surface area contributed by atoms with Gasteiger partial charge < -0.3 is 10.2 Å². The van der Waals surface area contributed by atoms with Crippen LogP contribution in [-0.4, -0.2) is 44.8 Å². The number of hydrogen-bond donors (Lipinski definition) is 2. The summed E-state index contributed by atoms with van der Waals surface area (Å²) in [6, 6.07) is 23.1. The summed E-state index contributed by atoms with van der Waals surface area (Å²) in [6.45, 7) is 1.48. The second-order valence-corrected chi connectivity index (χ2v) is 9.98. The molecular weight excluding hydrogens is 556 g/mol. The Hall–Kier alpha value is -5.23. The predicted molar refractivity (Wildman–Crippen MR) is 158 cm³/mol. The third-order valence-electron chi connectivity index (χ3n) is 6.78. The molecule has 1 saturated heterocycles. The van der Waals surface area contributed by atoms with Gasteiger partial charge in [0.1, 0.15) is 12.6 Å². The number of carbonyl (C=O) groups excluding carboxylic acids is 4. The first kappa shape index (κ1) is 28.3. The molecule has 11 nitrogen and oxygen atoms in total. The number of aryl methyl sites for hydroxylation is 1. The van der Waals surface area contributed by atoms with E-state index in [1.165, 1.54) is 16.5 Å². The number of anilines is 3. The van der Waals surface area contributed by atoms with Crippen molar-refractivity contribution in [1.29, 1.82) is 0 Å². The highest BCUT2D eigenvalue weighted by Crippen LogP contribution is 2.29. The van der Waals surface area contributed by atoms with E-state index in [4.69, 9.17) is 16.7 Å². The van der Waals surface area contributed by atoms with Crippen LogP contribution < -0.4 is 20.2 Å². The van der Waals surface area contributed by atoms with E-state index >= 15 is 0 Å². The zero-order valence-electron chi connectivity index (χ0n) is 22.8. The number of amides is 3. The lowest BCUT2D eigenvalue weighted by atomic mass is 10.1. The number of benzene rings is 3. The van der Waals surface area contributed by atoms with Crippen molar-refractivity contribution >= 4 is 58.1 Å². The lowest BCUT2D eigenvalue weighted by molar-refractivity contribution is -0.746. The van der Waals surface area contributed by atoms with Crippen molar-refractivity contribution in [2.24, 2.45) is 7.05 Å². The Morgan fingerprint density at radius 3 is 2.21 bits per heavy atom. The summed E-state index contributed by atoms with van der Waals surface area (Å²) in [7, 11) is 1.64. The molecule has 0 aliphatic carbocycles. The Labute approximate surface area is 246 Å². The summed E-state index contributed by atoms with van der Waals surface area (Å²) in [5, 5.41) is 9.65. The molecule has 1 fully saturated rings. The molecule has 3 amide bonds. The molecule has 212 valence electrons. The van der Waals surface area contributed by atoms with E-state index in [0.717, 1.165) is 0 Å². The number of para-hydroxylation sites is 1. The Bertz CT molecular complexity index is 1660. The normalized spacial score (nSPS) is 14.7. The molecule has 0 saturated carbocycles. The maximum absolute atomic E-state index is 13.8. The molecule has 1 aliphatic heterocycles. The van der Waals surface area contributed by atoms with Crippen molar-refractivity contribution in [1.82, 2.24) is 10.2 Å². The van der Waals surface area contributed by atoms with E-state index in [1.807, 2.05) is 6.07 Å². The van der Waals surface area contributed by atoms with Crippen molar-refractivity contribution in [2.45, 2.75) is 25.9 Å². The zero-order valence-corrected chi connectivity index (χ0v) is 23.6. The molecule has 3 aromatic carbocycles. The van der Waals surface area contributed by atoms with Gasteiger partial charge in [-0.2, -0.15) is 0 Å². The summed E-state index contributed by atoms with van der Waals surface area (Å²) in [6.07, 6.45) is -0.211. The number of Topliss-reactive ketones (excluding diaryl/α,β-unsaturated/α-hetero) is 1. The molecule has 0 spiro atoms. The first-order valence-electron chi connectivity index (χ1n) is 13.0. The van der Waals surface area contributed by atoms with E-state index in [1.54, 1.807) is 90.8 Å². The van der Waals surface area contributed by atoms with Crippen molar-refractivity contribution in [3.05, 3.63) is 102 Å². The third kappa shape index (κ3) is 5.93. The van der Waals surface area contributed by atoms with Crippen LogP contribution in [0.4, 0.5) is 17.3 Å². The smallest absolute Gasteiger partial charge is 0.307 e. The Balaban J connectivity index is 1.41. The fraction of sp³-hybridized carbons (Fsp3) is 0.167. The number of aromatic nitrogens is 2. The lowest BCUT2D eigenvalue weighted by Gasteiger charge is -2.22. The average molecular weight is 584 g/mol. The molecule has 0 radical (unpaired) electrons. The van der Waals surface area contributed by atoms with Crippen LogP contribution >= 0.6 is 12.2 Å². The van der Waals surface area contributed by atoms with Gasteiger partial charge in [-0.05, 0) is 72.4 Å². The first-order valence-corrected chi connectivity index (χ1v) is 13.5. The minimum absolute atomic E-state index is 0.0174. The quantitative estimate of drug-likeness (QED) is 0.174. The summed E-state index contributed by atoms with van der Waals surface area (Å²) < 4.78 is 6.84. The topological polar surface area (TPSA) is 129 Å². The van der Waals surface area contributed by atoms with E-state index in [2.05, 4.69) is 15.9 Å². The molecule has 4 aromatic rings. The molecule has 2 N–H and O–H groups in total. The molecule has 0 bridgehead atoms. The fourth-order valence-electron chi connectivity index (χ4n) is 4.55. The number of nitrogens with one attached hydrogen (secondary N) is 2. The van der Waals surface area contributed by atoms with Crippen LogP contribution in [0.2, 0.25) is 0 Å². The van der Waals surface area contributed by atoms with Gasteiger partial charge >= 0.3 is 5.88 Å². The lowest BCUT2D eigenvalue weighted by Crippen LogP contribution is -2.43. The summed E-state index contributed by atoms with van der Waals surface area (Å²) in [5.74, 6) is -1.18. The molecule has 42 heavy (non-hydrogen) atoms. The van der Waals surface area contributed by atoms with E-state index in [9.17, 15) is 19.2 Å². The van der Waals surface area contributed by atoms with Crippen LogP contribution in [0.3, 0.4) is 0 Å². The monoisotopic (exact) mass is 583 g/mol. The number of hydrogen-bond acceptors (Lipinski definition) is 7. The second-order valence-electron chi connectivity index (χ2n) is 9.61. The average Bonchev–Trinajstić information content (AvgIpc) is 3.44. The predicted octanol–water partition coefficient (Wildman–Crippen LogP) is 3.49. The number of carbonyl (C=O) groups is 4. The van der Waals surface area contributed by atoms with Gasteiger partial charge in [-0.15, -0.1) is 0 Å². The maximum atomic E-state index is 13.8. The molecule has 1 unspecified atom stereocenters.